The Balaban J connectivity index is 2.16. The van der Waals surface area contributed by atoms with Gasteiger partial charge >= 0.3 is 0 Å². The van der Waals surface area contributed by atoms with Crippen LogP contribution in [0.2, 0.25) is 0 Å². The van der Waals surface area contributed by atoms with Gasteiger partial charge < -0.3 is 4.90 Å². The maximum atomic E-state index is 12.8. The molecular weight excluding hydrogens is 346 g/mol. The van der Waals surface area contributed by atoms with Crippen LogP contribution in [0.4, 0.5) is 5.69 Å². The Hall–Kier alpha value is -2.00. The first-order chi connectivity index (χ1) is 11.6. The number of nitro benzene ring substituents is 1. The summed E-state index contributed by atoms with van der Waals surface area (Å²) in [5.74, 6) is 0.278. The van der Waals surface area contributed by atoms with E-state index in [9.17, 15) is 23.3 Å². The van der Waals surface area contributed by atoms with Gasteiger partial charge in [-0.05, 0) is 18.4 Å². The standard InChI is InChI=1S/C16H23N3O5S/c1-12(2)10-16(20)17-6-8-18(9-7-17)25(23,24)15-11-14(19(21)22)5-4-13(15)3/h4-5,11-12H,6-10H2,1-3H3. The number of rotatable bonds is 5. The van der Waals surface area contributed by atoms with Gasteiger partial charge in [0.1, 0.15) is 0 Å². The van der Waals surface area contributed by atoms with E-state index in [2.05, 4.69) is 0 Å². The molecule has 1 aromatic rings. The zero-order chi connectivity index (χ0) is 18.8. The van der Waals surface area contributed by atoms with Gasteiger partial charge in [-0.2, -0.15) is 4.31 Å². The summed E-state index contributed by atoms with van der Waals surface area (Å²) >= 11 is 0. The lowest BCUT2D eigenvalue weighted by molar-refractivity contribution is -0.385. The van der Waals surface area contributed by atoms with E-state index in [4.69, 9.17) is 0 Å². The third-order valence-corrected chi connectivity index (χ3v) is 6.22. The van der Waals surface area contributed by atoms with Crippen molar-refractivity contribution < 1.29 is 18.1 Å². The average Bonchev–Trinajstić information content (AvgIpc) is 2.54. The van der Waals surface area contributed by atoms with Crippen molar-refractivity contribution in [3.63, 3.8) is 0 Å². The summed E-state index contributed by atoms with van der Waals surface area (Å²) in [5.41, 5.74) is 0.207. The van der Waals surface area contributed by atoms with Crippen molar-refractivity contribution in [1.29, 1.82) is 0 Å². The Morgan fingerprint density at radius 3 is 2.36 bits per heavy atom. The molecule has 1 aromatic carbocycles. The summed E-state index contributed by atoms with van der Waals surface area (Å²) in [6.45, 7) is 6.58. The van der Waals surface area contributed by atoms with Gasteiger partial charge in [-0.1, -0.05) is 19.9 Å². The lowest BCUT2D eigenvalue weighted by Gasteiger charge is -2.34. The zero-order valence-corrected chi connectivity index (χ0v) is 15.5. The summed E-state index contributed by atoms with van der Waals surface area (Å²) in [7, 11) is -3.83. The summed E-state index contributed by atoms with van der Waals surface area (Å²) in [5, 5.41) is 10.9. The summed E-state index contributed by atoms with van der Waals surface area (Å²) in [6, 6.07) is 3.82. The second-order valence-corrected chi connectivity index (χ2v) is 8.50. The fraction of sp³-hybridized carbons (Fsp3) is 0.562. The Morgan fingerprint density at radius 2 is 1.84 bits per heavy atom. The molecule has 25 heavy (non-hydrogen) atoms. The van der Waals surface area contributed by atoms with Gasteiger partial charge in [0.15, 0.2) is 0 Å². The quantitative estimate of drug-likeness (QED) is 0.582. The number of piperazine rings is 1. The molecule has 1 saturated heterocycles. The van der Waals surface area contributed by atoms with Gasteiger partial charge in [0.2, 0.25) is 15.9 Å². The largest absolute Gasteiger partial charge is 0.340 e. The maximum absolute atomic E-state index is 12.8. The highest BCUT2D eigenvalue weighted by molar-refractivity contribution is 7.89. The van der Waals surface area contributed by atoms with Crippen molar-refractivity contribution in [3.05, 3.63) is 33.9 Å². The van der Waals surface area contributed by atoms with Crippen LogP contribution in [0, 0.1) is 23.0 Å². The van der Waals surface area contributed by atoms with Gasteiger partial charge in [-0.25, -0.2) is 8.42 Å². The highest BCUT2D eigenvalue weighted by Crippen LogP contribution is 2.25. The lowest BCUT2D eigenvalue weighted by Crippen LogP contribution is -2.50. The zero-order valence-electron chi connectivity index (χ0n) is 14.6. The number of non-ortho nitro benzene ring substituents is 1. The molecule has 9 heteroatoms. The van der Waals surface area contributed by atoms with Crippen molar-refractivity contribution in [2.75, 3.05) is 26.2 Å². The van der Waals surface area contributed by atoms with Crippen LogP contribution < -0.4 is 0 Å². The monoisotopic (exact) mass is 369 g/mol. The van der Waals surface area contributed by atoms with E-state index in [1.54, 1.807) is 11.8 Å². The van der Waals surface area contributed by atoms with Crippen LogP contribution >= 0.6 is 0 Å². The van der Waals surface area contributed by atoms with Crippen molar-refractivity contribution in [2.24, 2.45) is 5.92 Å². The highest BCUT2D eigenvalue weighted by atomic mass is 32.2. The van der Waals surface area contributed by atoms with Gasteiger partial charge in [-0.15, -0.1) is 0 Å². The second kappa shape index (κ2) is 7.49. The van der Waals surface area contributed by atoms with E-state index >= 15 is 0 Å². The van der Waals surface area contributed by atoms with Crippen molar-refractivity contribution in [3.8, 4) is 0 Å². The number of carbonyl (C=O) groups is 1. The number of aryl methyl sites for hydroxylation is 1. The van der Waals surface area contributed by atoms with Crippen LogP contribution in [0.1, 0.15) is 25.8 Å². The lowest BCUT2D eigenvalue weighted by atomic mass is 10.1. The van der Waals surface area contributed by atoms with E-state index in [1.165, 1.54) is 16.4 Å². The number of nitrogens with zero attached hydrogens (tertiary/aromatic N) is 3. The van der Waals surface area contributed by atoms with Gasteiger partial charge in [0, 0.05) is 44.7 Å². The minimum atomic E-state index is -3.83. The number of hydrogen-bond acceptors (Lipinski definition) is 5. The third-order valence-electron chi connectivity index (χ3n) is 4.17. The number of amides is 1. The molecule has 1 aliphatic rings. The van der Waals surface area contributed by atoms with Crippen LogP contribution in [0.15, 0.2) is 23.1 Å². The Labute approximate surface area is 147 Å². The Kier molecular flexibility index (Phi) is 5.79. The topological polar surface area (TPSA) is 101 Å². The maximum Gasteiger partial charge on any atom is 0.270 e. The SMILES string of the molecule is Cc1ccc([N+](=O)[O-])cc1S(=O)(=O)N1CCN(C(=O)CC(C)C)CC1. The molecule has 0 radical (unpaired) electrons. The molecule has 1 amide bonds. The molecular formula is C16H23N3O5S. The molecule has 0 atom stereocenters. The van der Waals surface area contributed by atoms with Crippen molar-refractivity contribution in [1.82, 2.24) is 9.21 Å². The minimum Gasteiger partial charge on any atom is -0.340 e. The van der Waals surface area contributed by atoms with Crippen LogP contribution in [-0.4, -0.2) is 54.6 Å². The number of carbonyl (C=O) groups excluding carboxylic acids is 1. The average molecular weight is 369 g/mol. The summed E-state index contributed by atoms with van der Waals surface area (Å²) in [4.78, 5) is 24.0. The molecule has 0 aliphatic carbocycles. The van der Waals surface area contributed by atoms with E-state index in [0.29, 0.717) is 25.1 Å². The molecule has 0 aromatic heterocycles. The Bertz CT molecular complexity index is 768. The second-order valence-electron chi connectivity index (χ2n) is 6.59. The molecule has 138 valence electrons. The van der Waals surface area contributed by atoms with Crippen LogP contribution in [0.25, 0.3) is 0 Å². The van der Waals surface area contributed by atoms with Crippen molar-refractivity contribution >= 4 is 21.6 Å². The summed E-state index contributed by atoms with van der Waals surface area (Å²) < 4.78 is 27.0. The molecule has 1 heterocycles. The van der Waals surface area contributed by atoms with E-state index in [0.717, 1.165) is 6.07 Å². The number of sulfonamides is 1. The molecule has 8 nitrogen and oxygen atoms in total. The molecule has 0 saturated carbocycles. The predicted octanol–water partition coefficient (Wildman–Crippen LogP) is 1.78. The molecule has 1 fully saturated rings. The first-order valence-corrected chi connectivity index (χ1v) is 9.60. The molecule has 1 aliphatic heterocycles. The minimum absolute atomic E-state index is 0.0265. The van der Waals surface area contributed by atoms with E-state index in [-0.39, 0.29) is 35.5 Å². The van der Waals surface area contributed by atoms with Crippen LogP contribution in [0.3, 0.4) is 0 Å². The smallest absolute Gasteiger partial charge is 0.270 e. The first-order valence-electron chi connectivity index (χ1n) is 8.16. The van der Waals surface area contributed by atoms with Crippen LogP contribution in [0.5, 0.6) is 0 Å². The fourth-order valence-electron chi connectivity index (χ4n) is 2.78. The van der Waals surface area contributed by atoms with Gasteiger partial charge in [-0.3, -0.25) is 14.9 Å². The molecule has 2 rings (SSSR count). The predicted molar refractivity (Wildman–Crippen MR) is 92.6 cm³/mol. The molecule has 0 unspecified atom stereocenters. The molecule has 0 spiro atoms. The van der Waals surface area contributed by atoms with Gasteiger partial charge in [0.05, 0.1) is 9.82 Å². The van der Waals surface area contributed by atoms with E-state index in [1.807, 2.05) is 13.8 Å². The molecule has 0 bridgehead atoms. The normalized spacial score (nSPS) is 16.2. The fourth-order valence-corrected chi connectivity index (χ4v) is 4.44. The van der Waals surface area contributed by atoms with E-state index < -0.39 is 14.9 Å². The molecule has 0 N–H and O–H groups in total. The summed E-state index contributed by atoms with van der Waals surface area (Å²) in [6.07, 6.45) is 0.441. The van der Waals surface area contributed by atoms with Crippen molar-refractivity contribution in [2.45, 2.75) is 32.1 Å². The number of hydrogen-bond donors (Lipinski definition) is 0. The van der Waals surface area contributed by atoms with Gasteiger partial charge in [0.25, 0.3) is 5.69 Å². The highest BCUT2D eigenvalue weighted by Gasteiger charge is 2.32. The number of benzene rings is 1. The van der Waals surface area contributed by atoms with Crippen LogP contribution in [-0.2, 0) is 14.8 Å². The number of nitro groups is 1. The Morgan fingerprint density at radius 1 is 1.24 bits per heavy atom. The third kappa shape index (κ3) is 4.35. The first kappa shape index (κ1) is 19.3.